The monoisotopic (exact) mass is 374 g/mol. The third-order valence-corrected chi connectivity index (χ3v) is 4.86. The normalized spacial score (nSPS) is 15.0. The second-order valence-corrected chi connectivity index (χ2v) is 6.98. The van der Waals surface area contributed by atoms with Crippen molar-refractivity contribution < 1.29 is 14.0 Å². The second kappa shape index (κ2) is 8.41. The van der Waals surface area contributed by atoms with Gasteiger partial charge in [-0.3, -0.25) is 9.59 Å². The van der Waals surface area contributed by atoms with Gasteiger partial charge in [-0.15, -0.1) is 0 Å². The molecule has 1 fully saturated rings. The van der Waals surface area contributed by atoms with Crippen molar-refractivity contribution >= 4 is 23.4 Å². The quantitative estimate of drug-likeness (QED) is 0.822. The SMILES string of the molecule is Cc1ccc(CCC(=O)N2CCCN(C(=O)c3ccc(Cl)cc3)CC2)o1. The molecule has 1 aliphatic rings. The molecule has 5 nitrogen and oxygen atoms in total. The van der Waals surface area contributed by atoms with Crippen molar-refractivity contribution in [3.8, 4) is 0 Å². The van der Waals surface area contributed by atoms with E-state index in [0.717, 1.165) is 17.9 Å². The number of amides is 2. The third-order valence-electron chi connectivity index (χ3n) is 4.61. The van der Waals surface area contributed by atoms with Gasteiger partial charge in [0, 0.05) is 49.6 Å². The molecule has 0 atom stereocenters. The Hall–Kier alpha value is -2.27. The van der Waals surface area contributed by atoms with Gasteiger partial charge < -0.3 is 14.2 Å². The van der Waals surface area contributed by atoms with Crippen molar-refractivity contribution in [1.29, 1.82) is 0 Å². The van der Waals surface area contributed by atoms with Crippen molar-refractivity contribution in [2.24, 2.45) is 0 Å². The van der Waals surface area contributed by atoms with Crippen LogP contribution in [0.5, 0.6) is 0 Å². The predicted molar refractivity (Wildman–Crippen MR) is 100 cm³/mol. The van der Waals surface area contributed by atoms with Gasteiger partial charge >= 0.3 is 0 Å². The highest BCUT2D eigenvalue weighted by atomic mass is 35.5. The molecule has 0 saturated carbocycles. The highest BCUT2D eigenvalue weighted by Crippen LogP contribution is 2.14. The van der Waals surface area contributed by atoms with E-state index in [4.69, 9.17) is 16.0 Å². The first-order valence-electron chi connectivity index (χ1n) is 8.91. The molecule has 138 valence electrons. The molecule has 0 bridgehead atoms. The van der Waals surface area contributed by atoms with Crippen LogP contribution in [0.25, 0.3) is 0 Å². The zero-order chi connectivity index (χ0) is 18.5. The lowest BCUT2D eigenvalue weighted by molar-refractivity contribution is -0.131. The summed E-state index contributed by atoms with van der Waals surface area (Å²) in [5, 5.41) is 0.612. The van der Waals surface area contributed by atoms with Crippen LogP contribution in [0.15, 0.2) is 40.8 Å². The summed E-state index contributed by atoms with van der Waals surface area (Å²) >= 11 is 5.88. The fourth-order valence-corrected chi connectivity index (χ4v) is 3.28. The third kappa shape index (κ3) is 4.67. The molecule has 1 aliphatic heterocycles. The number of carbonyl (C=O) groups excluding carboxylic acids is 2. The minimum Gasteiger partial charge on any atom is -0.466 e. The van der Waals surface area contributed by atoms with Gasteiger partial charge in [0.25, 0.3) is 5.91 Å². The maximum absolute atomic E-state index is 12.6. The molecule has 0 spiro atoms. The topological polar surface area (TPSA) is 53.8 Å². The van der Waals surface area contributed by atoms with Gasteiger partial charge in [0.05, 0.1) is 0 Å². The van der Waals surface area contributed by atoms with Gasteiger partial charge in [0.2, 0.25) is 5.91 Å². The lowest BCUT2D eigenvalue weighted by Crippen LogP contribution is -2.37. The minimum absolute atomic E-state index is 0.0120. The summed E-state index contributed by atoms with van der Waals surface area (Å²) in [6.07, 6.45) is 1.82. The molecule has 0 aliphatic carbocycles. The van der Waals surface area contributed by atoms with Gasteiger partial charge in [-0.05, 0) is 49.7 Å². The molecular formula is C20H23ClN2O3. The summed E-state index contributed by atoms with van der Waals surface area (Å²) in [6.45, 7) is 4.35. The second-order valence-electron chi connectivity index (χ2n) is 6.55. The summed E-state index contributed by atoms with van der Waals surface area (Å²) < 4.78 is 5.52. The average Bonchev–Trinajstić information content (AvgIpc) is 2.91. The predicted octanol–water partition coefficient (Wildman–Crippen LogP) is 3.55. The lowest BCUT2D eigenvalue weighted by Gasteiger charge is -2.22. The Bertz CT molecular complexity index is 770. The van der Waals surface area contributed by atoms with Gasteiger partial charge in [-0.1, -0.05) is 11.6 Å². The Labute approximate surface area is 158 Å². The number of furan rings is 1. The minimum atomic E-state index is -0.0120. The number of rotatable bonds is 4. The molecule has 2 heterocycles. The van der Waals surface area contributed by atoms with E-state index in [1.807, 2.05) is 28.9 Å². The molecule has 0 unspecified atom stereocenters. The highest BCUT2D eigenvalue weighted by molar-refractivity contribution is 6.30. The van der Waals surface area contributed by atoms with Gasteiger partial charge in [0.15, 0.2) is 0 Å². The lowest BCUT2D eigenvalue weighted by atomic mass is 10.2. The summed E-state index contributed by atoms with van der Waals surface area (Å²) in [4.78, 5) is 28.8. The molecule has 26 heavy (non-hydrogen) atoms. The standard InChI is InChI=1S/C20H23ClN2O3/c1-15-3-8-18(26-15)9-10-19(24)22-11-2-12-23(14-13-22)20(25)16-4-6-17(21)7-5-16/h3-8H,2,9-14H2,1H3. The van der Waals surface area contributed by atoms with E-state index in [1.54, 1.807) is 24.3 Å². The molecule has 0 radical (unpaired) electrons. The summed E-state index contributed by atoms with van der Waals surface area (Å²) in [5.74, 6) is 1.80. The van der Waals surface area contributed by atoms with Crippen LogP contribution < -0.4 is 0 Å². The summed E-state index contributed by atoms with van der Waals surface area (Å²) in [6, 6.07) is 10.7. The van der Waals surface area contributed by atoms with Crippen LogP contribution in [0.2, 0.25) is 5.02 Å². The maximum atomic E-state index is 12.6. The van der Waals surface area contributed by atoms with Crippen LogP contribution in [0.3, 0.4) is 0 Å². The fraction of sp³-hybridized carbons (Fsp3) is 0.400. The van der Waals surface area contributed by atoms with E-state index in [2.05, 4.69) is 0 Å². The van der Waals surface area contributed by atoms with Crippen LogP contribution in [0, 0.1) is 6.92 Å². The number of benzene rings is 1. The molecule has 3 rings (SSSR count). The van der Waals surface area contributed by atoms with Crippen LogP contribution in [0.4, 0.5) is 0 Å². The van der Waals surface area contributed by atoms with E-state index in [-0.39, 0.29) is 11.8 Å². The molecule has 2 aromatic rings. The maximum Gasteiger partial charge on any atom is 0.253 e. The zero-order valence-corrected chi connectivity index (χ0v) is 15.7. The largest absolute Gasteiger partial charge is 0.466 e. The van der Waals surface area contributed by atoms with Gasteiger partial charge in [0.1, 0.15) is 11.5 Å². The van der Waals surface area contributed by atoms with E-state index in [1.165, 1.54) is 0 Å². The molecule has 1 aromatic heterocycles. The number of hydrogen-bond donors (Lipinski definition) is 0. The van der Waals surface area contributed by atoms with Crippen LogP contribution >= 0.6 is 11.6 Å². The van der Waals surface area contributed by atoms with Crippen LogP contribution in [-0.2, 0) is 11.2 Å². The Morgan fingerprint density at radius 1 is 1.00 bits per heavy atom. The number of carbonyl (C=O) groups is 2. The van der Waals surface area contributed by atoms with Crippen LogP contribution in [0.1, 0.15) is 34.7 Å². The molecule has 1 saturated heterocycles. The number of nitrogens with zero attached hydrogens (tertiary/aromatic N) is 2. The fourth-order valence-electron chi connectivity index (χ4n) is 3.15. The van der Waals surface area contributed by atoms with Gasteiger partial charge in [-0.2, -0.15) is 0 Å². The first kappa shape index (κ1) is 18.5. The van der Waals surface area contributed by atoms with Crippen molar-refractivity contribution in [1.82, 2.24) is 9.80 Å². The molecule has 1 aromatic carbocycles. The summed E-state index contributed by atoms with van der Waals surface area (Å²) in [5.41, 5.74) is 0.627. The van der Waals surface area contributed by atoms with E-state index in [9.17, 15) is 9.59 Å². The smallest absolute Gasteiger partial charge is 0.253 e. The van der Waals surface area contributed by atoms with E-state index in [0.29, 0.717) is 49.6 Å². The molecule has 6 heteroatoms. The average molecular weight is 375 g/mol. The molecule has 0 N–H and O–H groups in total. The first-order valence-corrected chi connectivity index (χ1v) is 9.28. The Morgan fingerprint density at radius 3 is 2.38 bits per heavy atom. The van der Waals surface area contributed by atoms with E-state index < -0.39 is 0 Å². The van der Waals surface area contributed by atoms with Crippen molar-refractivity contribution in [2.45, 2.75) is 26.2 Å². The first-order chi connectivity index (χ1) is 12.5. The zero-order valence-electron chi connectivity index (χ0n) is 14.9. The van der Waals surface area contributed by atoms with Crippen molar-refractivity contribution in [2.75, 3.05) is 26.2 Å². The molecular weight excluding hydrogens is 352 g/mol. The van der Waals surface area contributed by atoms with Crippen molar-refractivity contribution in [3.63, 3.8) is 0 Å². The Balaban J connectivity index is 1.53. The number of halogens is 1. The van der Waals surface area contributed by atoms with Gasteiger partial charge in [-0.25, -0.2) is 0 Å². The van der Waals surface area contributed by atoms with E-state index >= 15 is 0 Å². The summed E-state index contributed by atoms with van der Waals surface area (Å²) in [7, 11) is 0. The Kier molecular flexibility index (Phi) is 5.99. The number of hydrogen-bond acceptors (Lipinski definition) is 3. The highest BCUT2D eigenvalue weighted by Gasteiger charge is 2.22. The Morgan fingerprint density at radius 2 is 1.69 bits per heavy atom. The molecule has 2 amide bonds. The van der Waals surface area contributed by atoms with Crippen molar-refractivity contribution in [3.05, 3.63) is 58.5 Å². The van der Waals surface area contributed by atoms with Crippen LogP contribution in [-0.4, -0.2) is 47.8 Å². The number of aryl methyl sites for hydroxylation is 2.